The van der Waals surface area contributed by atoms with Crippen LogP contribution in [0.3, 0.4) is 0 Å². The van der Waals surface area contributed by atoms with Crippen LogP contribution < -0.4 is 0 Å². The Kier molecular flexibility index (Phi) is 22.4. The normalized spacial score (nSPS) is 15.9. The number of unbranched alkanes of at least 4 members (excludes halogenated alkanes) is 9. The van der Waals surface area contributed by atoms with Crippen LogP contribution >= 0.6 is 23.5 Å². The van der Waals surface area contributed by atoms with E-state index in [9.17, 15) is 0 Å². The molecule has 4 unspecified atom stereocenters. The highest BCUT2D eigenvalue weighted by Gasteiger charge is 2.19. The Balaban J connectivity index is 3.71. The highest BCUT2D eigenvalue weighted by molar-refractivity contribution is 8.03. The third-order valence-electron chi connectivity index (χ3n) is 7.04. The molecule has 0 aliphatic rings. The molecule has 0 N–H and O–H groups in total. The molecule has 0 aromatic rings. The molecule has 0 aromatic heterocycles. The number of thioether (sulfide) groups is 2. The minimum Gasteiger partial charge on any atom is -0.161 e. The van der Waals surface area contributed by atoms with Crippen molar-refractivity contribution in [1.29, 1.82) is 0 Å². The van der Waals surface area contributed by atoms with E-state index >= 15 is 0 Å². The monoisotopic (exact) mass is 444 g/mol. The minimum atomic E-state index is 0.875. The second-order valence-electron chi connectivity index (χ2n) is 9.62. The second-order valence-corrected chi connectivity index (χ2v) is 11.8. The van der Waals surface area contributed by atoms with Crippen LogP contribution in [-0.4, -0.2) is 23.0 Å². The quantitative estimate of drug-likeness (QED) is 0.152. The van der Waals surface area contributed by atoms with E-state index in [0.717, 1.165) is 22.3 Å². The SMILES string of the molecule is CCC(C)CCCCCCCCCC(SC)C(CCCCCCC(C)CC)SC. The molecule has 4 atom stereocenters. The molecule has 0 aliphatic carbocycles. The van der Waals surface area contributed by atoms with E-state index in [0.29, 0.717) is 0 Å². The Morgan fingerprint density at radius 2 is 0.724 bits per heavy atom. The summed E-state index contributed by atoms with van der Waals surface area (Å²) in [7, 11) is 0. The van der Waals surface area contributed by atoms with E-state index in [1.54, 1.807) is 0 Å². The van der Waals surface area contributed by atoms with Gasteiger partial charge in [0.1, 0.15) is 0 Å². The number of rotatable bonds is 22. The second kappa shape index (κ2) is 21.9. The molecule has 0 bridgehead atoms. The summed E-state index contributed by atoms with van der Waals surface area (Å²) in [5, 5.41) is 1.75. The van der Waals surface area contributed by atoms with Gasteiger partial charge in [-0.1, -0.05) is 124 Å². The van der Waals surface area contributed by atoms with Crippen molar-refractivity contribution in [2.45, 2.75) is 147 Å². The zero-order chi connectivity index (χ0) is 21.7. The summed E-state index contributed by atoms with van der Waals surface area (Å²) in [6, 6.07) is 0. The van der Waals surface area contributed by atoms with Gasteiger partial charge in [0.15, 0.2) is 0 Å². The standard InChI is InChI=1S/C27H56S2/c1-7-24(3)20-16-12-10-9-11-13-18-22-26(28-5)27(29-6)23-19-15-14-17-21-25(4)8-2/h24-27H,7-23H2,1-6H3. The van der Waals surface area contributed by atoms with E-state index in [4.69, 9.17) is 0 Å². The molecule has 0 amide bonds. The zero-order valence-corrected chi connectivity index (χ0v) is 22.8. The molecule has 176 valence electrons. The average molecular weight is 445 g/mol. The van der Waals surface area contributed by atoms with Crippen LogP contribution in [0.25, 0.3) is 0 Å². The molecule has 0 aromatic carbocycles. The molecule has 0 nitrogen and oxygen atoms in total. The van der Waals surface area contributed by atoms with E-state index in [1.165, 1.54) is 109 Å². The van der Waals surface area contributed by atoms with Crippen molar-refractivity contribution in [3.8, 4) is 0 Å². The summed E-state index contributed by atoms with van der Waals surface area (Å²) in [4.78, 5) is 0. The summed E-state index contributed by atoms with van der Waals surface area (Å²) in [6.45, 7) is 9.45. The van der Waals surface area contributed by atoms with Crippen molar-refractivity contribution in [2.24, 2.45) is 11.8 Å². The largest absolute Gasteiger partial charge is 0.161 e. The summed E-state index contributed by atoms with van der Waals surface area (Å²) in [6.07, 6.45) is 29.2. The maximum Gasteiger partial charge on any atom is 0.0163 e. The minimum absolute atomic E-state index is 0.875. The van der Waals surface area contributed by atoms with Gasteiger partial charge in [0.25, 0.3) is 0 Å². The topological polar surface area (TPSA) is 0 Å². The predicted molar refractivity (Wildman–Crippen MR) is 143 cm³/mol. The zero-order valence-electron chi connectivity index (χ0n) is 21.1. The van der Waals surface area contributed by atoms with Crippen molar-refractivity contribution >= 4 is 23.5 Å². The van der Waals surface area contributed by atoms with Gasteiger partial charge in [0, 0.05) is 10.5 Å². The summed E-state index contributed by atoms with van der Waals surface area (Å²) in [5.74, 6) is 1.87. The van der Waals surface area contributed by atoms with Crippen LogP contribution in [-0.2, 0) is 0 Å². The van der Waals surface area contributed by atoms with Gasteiger partial charge in [-0.3, -0.25) is 0 Å². The first-order valence-electron chi connectivity index (χ1n) is 13.1. The van der Waals surface area contributed by atoms with Crippen LogP contribution in [0.15, 0.2) is 0 Å². The molecule has 0 spiro atoms. The first-order valence-corrected chi connectivity index (χ1v) is 15.7. The van der Waals surface area contributed by atoms with Crippen LogP contribution in [0.2, 0.25) is 0 Å². The predicted octanol–water partition coefficient (Wildman–Crippen LogP) is 10.4. The fraction of sp³-hybridized carbons (Fsp3) is 1.00. The van der Waals surface area contributed by atoms with Crippen molar-refractivity contribution in [3.63, 3.8) is 0 Å². The first kappa shape index (κ1) is 29.7. The summed E-state index contributed by atoms with van der Waals surface area (Å²) in [5.41, 5.74) is 0. The number of hydrogen-bond donors (Lipinski definition) is 0. The third kappa shape index (κ3) is 18.0. The lowest BCUT2D eigenvalue weighted by atomic mass is 9.99. The molecule has 0 fully saturated rings. The molecule has 0 saturated heterocycles. The van der Waals surface area contributed by atoms with Crippen LogP contribution in [0.5, 0.6) is 0 Å². The molecule has 0 heterocycles. The van der Waals surface area contributed by atoms with Crippen LogP contribution in [0, 0.1) is 11.8 Å². The molecule has 0 aliphatic heterocycles. The maximum atomic E-state index is 2.40. The van der Waals surface area contributed by atoms with Crippen molar-refractivity contribution in [2.75, 3.05) is 12.5 Å². The average Bonchev–Trinajstić information content (AvgIpc) is 2.74. The van der Waals surface area contributed by atoms with E-state index < -0.39 is 0 Å². The van der Waals surface area contributed by atoms with Crippen molar-refractivity contribution in [3.05, 3.63) is 0 Å². The molecular formula is C27H56S2. The van der Waals surface area contributed by atoms with E-state index in [1.807, 2.05) is 0 Å². The lowest BCUT2D eigenvalue weighted by molar-refractivity contribution is 0.467. The summed E-state index contributed by atoms with van der Waals surface area (Å²) < 4.78 is 0. The van der Waals surface area contributed by atoms with Gasteiger partial charge < -0.3 is 0 Å². The molecule has 0 radical (unpaired) electrons. The van der Waals surface area contributed by atoms with Gasteiger partial charge in [0.2, 0.25) is 0 Å². The molecule has 29 heavy (non-hydrogen) atoms. The van der Waals surface area contributed by atoms with E-state index in [2.05, 4.69) is 63.7 Å². The fourth-order valence-electron chi connectivity index (χ4n) is 4.23. The van der Waals surface area contributed by atoms with Crippen molar-refractivity contribution in [1.82, 2.24) is 0 Å². The molecular weight excluding hydrogens is 388 g/mol. The smallest absolute Gasteiger partial charge is 0.0163 e. The highest BCUT2D eigenvalue weighted by Crippen LogP contribution is 2.30. The molecule has 0 rings (SSSR count). The van der Waals surface area contributed by atoms with Crippen LogP contribution in [0.1, 0.15) is 137 Å². The fourth-order valence-corrected chi connectivity index (χ4v) is 6.58. The Bertz CT molecular complexity index is 318. The van der Waals surface area contributed by atoms with Crippen LogP contribution in [0.4, 0.5) is 0 Å². The van der Waals surface area contributed by atoms with Gasteiger partial charge >= 0.3 is 0 Å². The van der Waals surface area contributed by atoms with Gasteiger partial charge in [0.05, 0.1) is 0 Å². The third-order valence-corrected chi connectivity index (χ3v) is 9.55. The first-order chi connectivity index (χ1) is 14.1. The van der Waals surface area contributed by atoms with Gasteiger partial charge in [-0.2, -0.15) is 23.5 Å². The van der Waals surface area contributed by atoms with Gasteiger partial charge in [-0.15, -0.1) is 0 Å². The summed E-state index contributed by atoms with van der Waals surface area (Å²) >= 11 is 4.27. The lowest BCUT2D eigenvalue weighted by Crippen LogP contribution is -2.19. The lowest BCUT2D eigenvalue weighted by Gasteiger charge is -2.24. The Hall–Kier alpha value is 0.700. The Morgan fingerprint density at radius 3 is 1.00 bits per heavy atom. The maximum absolute atomic E-state index is 2.40. The highest BCUT2D eigenvalue weighted by atomic mass is 32.2. The van der Waals surface area contributed by atoms with Gasteiger partial charge in [-0.05, 0) is 37.2 Å². The van der Waals surface area contributed by atoms with E-state index in [-0.39, 0.29) is 0 Å². The van der Waals surface area contributed by atoms with Crippen molar-refractivity contribution < 1.29 is 0 Å². The Morgan fingerprint density at radius 1 is 0.448 bits per heavy atom. The molecule has 2 heteroatoms. The number of hydrogen-bond acceptors (Lipinski definition) is 2. The van der Waals surface area contributed by atoms with Gasteiger partial charge in [-0.25, -0.2) is 0 Å². The molecule has 0 saturated carbocycles. The Labute approximate surface area is 194 Å².